The third kappa shape index (κ3) is 13.0. The Bertz CT molecular complexity index is 298. The highest BCUT2D eigenvalue weighted by molar-refractivity contribution is 5.77. The minimum atomic E-state index is -0.476. The largest absolute Gasteiger partial charge is 0.444 e. The molecule has 0 atom stereocenters. The molecule has 0 heterocycles. The van der Waals surface area contributed by atoms with Crippen molar-refractivity contribution >= 4 is 12.1 Å². The number of hydrogen-bond donors (Lipinski definition) is 3. The van der Waals surface area contributed by atoms with Gasteiger partial charge in [0, 0.05) is 19.6 Å². The van der Waals surface area contributed by atoms with Crippen LogP contribution in [0.1, 0.15) is 53.4 Å². The number of alkyl carbamates (subject to hydrolysis) is 1. The zero-order chi connectivity index (χ0) is 15.4. The standard InChI is InChI=1S/C14H30N4O2/c1-5-6-7-8-9-16-12(15)17-10-11-18-13(19)20-14(2,3)4/h5-11H2,1-4H3,(H,18,19)(H3,15,16,17). The number of carbonyl (C=O) groups excluding carboxylic acids is 1. The molecule has 20 heavy (non-hydrogen) atoms. The van der Waals surface area contributed by atoms with Gasteiger partial charge in [0.2, 0.25) is 0 Å². The van der Waals surface area contributed by atoms with Crippen molar-refractivity contribution in [3.05, 3.63) is 0 Å². The number of ether oxygens (including phenoxy) is 1. The molecule has 0 aliphatic carbocycles. The van der Waals surface area contributed by atoms with Crippen LogP contribution in [0.2, 0.25) is 0 Å². The number of aliphatic imine (C=N–C) groups is 1. The molecule has 0 aromatic heterocycles. The summed E-state index contributed by atoms with van der Waals surface area (Å²) in [5.74, 6) is 0.424. The number of unbranched alkanes of at least 4 members (excludes halogenated alkanes) is 3. The van der Waals surface area contributed by atoms with Gasteiger partial charge in [0.1, 0.15) is 5.60 Å². The molecule has 0 aromatic rings. The quantitative estimate of drug-likeness (QED) is 0.362. The second kappa shape index (κ2) is 10.3. The van der Waals surface area contributed by atoms with Gasteiger partial charge in [0.05, 0.1) is 0 Å². The zero-order valence-corrected chi connectivity index (χ0v) is 13.3. The van der Waals surface area contributed by atoms with Crippen LogP contribution in [0, 0.1) is 0 Å². The SMILES string of the molecule is CCCCCCN=C(N)NCCNC(=O)OC(C)(C)C. The van der Waals surface area contributed by atoms with Crippen LogP contribution in [0.15, 0.2) is 4.99 Å². The van der Waals surface area contributed by atoms with Crippen LogP contribution in [-0.4, -0.2) is 37.3 Å². The van der Waals surface area contributed by atoms with Crippen LogP contribution in [0.25, 0.3) is 0 Å². The first kappa shape index (κ1) is 18.5. The molecule has 1 amide bonds. The van der Waals surface area contributed by atoms with Crippen LogP contribution in [0.4, 0.5) is 4.79 Å². The van der Waals surface area contributed by atoms with E-state index in [2.05, 4.69) is 22.5 Å². The van der Waals surface area contributed by atoms with E-state index in [1.807, 2.05) is 20.8 Å². The predicted octanol–water partition coefficient (Wildman–Crippen LogP) is 2.00. The van der Waals surface area contributed by atoms with Gasteiger partial charge in [0.25, 0.3) is 0 Å². The van der Waals surface area contributed by atoms with E-state index >= 15 is 0 Å². The summed E-state index contributed by atoms with van der Waals surface area (Å²) in [6.45, 7) is 9.38. The van der Waals surface area contributed by atoms with Gasteiger partial charge in [-0.3, -0.25) is 4.99 Å². The summed E-state index contributed by atoms with van der Waals surface area (Å²) in [7, 11) is 0. The van der Waals surface area contributed by atoms with E-state index in [1.165, 1.54) is 19.3 Å². The number of nitrogens with zero attached hydrogens (tertiary/aromatic N) is 1. The second-order valence-electron chi connectivity index (χ2n) is 5.68. The number of guanidine groups is 1. The lowest BCUT2D eigenvalue weighted by atomic mass is 10.2. The van der Waals surface area contributed by atoms with Crippen molar-refractivity contribution in [2.24, 2.45) is 10.7 Å². The third-order valence-electron chi connectivity index (χ3n) is 2.39. The highest BCUT2D eigenvalue weighted by Crippen LogP contribution is 2.05. The molecule has 0 saturated heterocycles. The average Bonchev–Trinajstić information content (AvgIpc) is 2.32. The molecule has 0 aliphatic heterocycles. The smallest absolute Gasteiger partial charge is 0.407 e. The summed E-state index contributed by atoms with van der Waals surface area (Å²) in [5.41, 5.74) is 5.23. The van der Waals surface area contributed by atoms with Crippen LogP contribution in [0.3, 0.4) is 0 Å². The van der Waals surface area contributed by atoms with Crippen LogP contribution >= 0.6 is 0 Å². The highest BCUT2D eigenvalue weighted by atomic mass is 16.6. The summed E-state index contributed by atoms with van der Waals surface area (Å²) < 4.78 is 5.11. The van der Waals surface area contributed by atoms with Crippen molar-refractivity contribution < 1.29 is 9.53 Å². The van der Waals surface area contributed by atoms with E-state index in [0.29, 0.717) is 19.0 Å². The van der Waals surface area contributed by atoms with Gasteiger partial charge in [-0.15, -0.1) is 0 Å². The molecule has 0 bridgehead atoms. The molecule has 0 aromatic carbocycles. The topological polar surface area (TPSA) is 88.7 Å². The van der Waals surface area contributed by atoms with Crippen LogP contribution in [0.5, 0.6) is 0 Å². The molecule has 0 aliphatic rings. The van der Waals surface area contributed by atoms with E-state index in [4.69, 9.17) is 10.5 Å². The summed E-state index contributed by atoms with van der Waals surface area (Å²) in [4.78, 5) is 15.6. The Morgan fingerprint density at radius 1 is 1.15 bits per heavy atom. The van der Waals surface area contributed by atoms with Gasteiger partial charge in [-0.25, -0.2) is 4.79 Å². The lowest BCUT2D eigenvalue weighted by molar-refractivity contribution is 0.0529. The molecule has 0 unspecified atom stereocenters. The number of nitrogens with two attached hydrogens (primary N) is 1. The Morgan fingerprint density at radius 2 is 1.80 bits per heavy atom. The monoisotopic (exact) mass is 286 g/mol. The Kier molecular flexibility index (Phi) is 9.59. The number of rotatable bonds is 8. The Hall–Kier alpha value is -1.46. The summed E-state index contributed by atoms with van der Waals surface area (Å²) in [5, 5.41) is 5.59. The Morgan fingerprint density at radius 3 is 2.40 bits per heavy atom. The molecule has 0 spiro atoms. The van der Waals surface area contributed by atoms with Crippen molar-refractivity contribution in [3.8, 4) is 0 Å². The van der Waals surface area contributed by atoms with Crippen molar-refractivity contribution in [3.63, 3.8) is 0 Å². The lowest BCUT2D eigenvalue weighted by Crippen LogP contribution is -2.40. The van der Waals surface area contributed by atoms with Crippen molar-refractivity contribution in [1.82, 2.24) is 10.6 Å². The van der Waals surface area contributed by atoms with Gasteiger partial charge in [-0.05, 0) is 27.2 Å². The first-order chi connectivity index (χ1) is 9.35. The molecule has 0 saturated carbocycles. The minimum Gasteiger partial charge on any atom is -0.444 e. The first-order valence-electron chi connectivity index (χ1n) is 7.36. The van der Waals surface area contributed by atoms with E-state index in [1.54, 1.807) is 0 Å². The number of hydrogen-bond acceptors (Lipinski definition) is 3. The minimum absolute atomic E-state index is 0.422. The molecule has 0 fully saturated rings. The summed E-state index contributed by atoms with van der Waals surface area (Å²) in [6, 6.07) is 0. The van der Waals surface area contributed by atoms with Crippen molar-refractivity contribution in [2.45, 2.75) is 59.0 Å². The van der Waals surface area contributed by atoms with E-state index in [9.17, 15) is 4.79 Å². The molecule has 0 radical (unpaired) electrons. The van der Waals surface area contributed by atoms with Crippen LogP contribution < -0.4 is 16.4 Å². The lowest BCUT2D eigenvalue weighted by Gasteiger charge is -2.19. The van der Waals surface area contributed by atoms with Gasteiger partial charge in [-0.1, -0.05) is 26.2 Å². The second-order valence-corrected chi connectivity index (χ2v) is 5.68. The molecule has 4 N–H and O–H groups in total. The molecular weight excluding hydrogens is 256 g/mol. The van der Waals surface area contributed by atoms with Crippen molar-refractivity contribution in [2.75, 3.05) is 19.6 Å². The van der Waals surface area contributed by atoms with E-state index < -0.39 is 11.7 Å². The normalized spacial score (nSPS) is 12.1. The summed E-state index contributed by atoms with van der Waals surface area (Å²) in [6.07, 6.45) is 4.28. The maximum Gasteiger partial charge on any atom is 0.407 e. The van der Waals surface area contributed by atoms with Crippen molar-refractivity contribution in [1.29, 1.82) is 0 Å². The van der Waals surface area contributed by atoms with Gasteiger partial charge >= 0.3 is 6.09 Å². The molecular formula is C14H30N4O2. The van der Waals surface area contributed by atoms with E-state index in [-0.39, 0.29) is 0 Å². The number of amides is 1. The average molecular weight is 286 g/mol. The van der Waals surface area contributed by atoms with E-state index in [0.717, 1.165) is 13.0 Å². The Balaban J connectivity index is 3.58. The fraction of sp³-hybridized carbons (Fsp3) is 0.857. The molecule has 118 valence electrons. The van der Waals surface area contributed by atoms with Gasteiger partial charge in [-0.2, -0.15) is 0 Å². The highest BCUT2D eigenvalue weighted by Gasteiger charge is 2.15. The summed E-state index contributed by atoms with van der Waals surface area (Å²) >= 11 is 0. The van der Waals surface area contributed by atoms with Crippen LogP contribution in [-0.2, 0) is 4.74 Å². The Labute approximate surface area is 122 Å². The maximum atomic E-state index is 11.4. The van der Waals surface area contributed by atoms with Gasteiger partial charge in [0.15, 0.2) is 5.96 Å². The molecule has 6 heteroatoms. The maximum absolute atomic E-state index is 11.4. The zero-order valence-electron chi connectivity index (χ0n) is 13.3. The third-order valence-corrected chi connectivity index (χ3v) is 2.39. The number of carbonyl (C=O) groups is 1. The fourth-order valence-corrected chi connectivity index (χ4v) is 1.46. The molecule has 6 nitrogen and oxygen atoms in total. The van der Waals surface area contributed by atoms with Gasteiger partial charge < -0.3 is 21.1 Å². The predicted molar refractivity (Wildman–Crippen MR) is 82.9 cm³/mol. The number of nitrogens with one attached hydrogen (secondary N) is 2. The molecule has 0 rings (SSSR count). The fourth-order valence-electron chi connectivity index (χ4n) is 1.46. The first-order valence-corrected chi connectivity index (χ1v) is 7.36.